The Bertz CT molecular complexity index is 741. The number of carbonyl (C=O) groups excluding carboxylic acids is 2. The molecule has 0 bridgehead atoms. The molecule has 0 saturated heterocycles. The second kappa shape index (κ2) is 9.25. The van der Waals surface area contributed by atoms with E-state index >= 15 is 0 Å². The molecule has 132 valence electrons. The molecule has 0 spiro atoms. The molecule has 2 amide bonds. The summed E-state index contributed by atoms with van der Waals surface area (Å²) in [7, 11) is 0. The highest BCUT2D eigenvalue weighted by atomic mass is 35.5. The number of nitrogens with one attached hydrogen (secondary N) is 2. The van der Waals surface area contributed by atoms with Crippen molar-refractivity contribution in [3.05, 3.63) is 58.3 Å². The second-order valence-electron chi connectivity index (χ2n) is 5.23. The largest absolute Gasteiger partial charge is 0.482 e. The summed E-state index contributed by atoms with van der Waals surface area (Å²) in [6, 6.07) is 7.63. The highest BCUT2D eigenvalue weighted by Crippen LogP contribution is 2.27. The zero-order valence-electron chi connectivity index (χ0n) is 13.5. The quantitative estimate of drug-likeness (QED) is 0.772. The van der Waals surface area contributed by atoms with Crippen LogP contribution >= 0.6 is 23.2 Å². The van der Waals surface area contributed by atoms with Gasteiger partial charge in [-0.05, 0) is 36.8 Å². The van der Waals surface area contributed by atoms with E-state index < -0.39 is 11.9 Å². The average molecular weight is 382 g/mol. The van der Waals surface area contributed by atoms with Gasteiger partial charge in [-0.15, -0.1) is 0 Å². The van der Waals surface area contributed by atoms with E-state index in [-0.39, 0.29) is 12.5 Å². The Morgan fingerprint density at radius 2 is 2.08 bits per heavy atom. The van der Waals surface area contributed by atoms with Gasteiger partial charge in [-0.25, -0.2) is 0 Å². The van der Waals surface area contributed by atoms with Crippen molar-refractivity contribution in [3.63, 3.8) is 0 Å². The van der Waals surface area contributed by atoms with Crippen LogP contribution in [0, 0.1) is 0 Å². The zero-order chi connectivity index (χ0) is 18.2. The summed E-state index contributed by atoms with van der Waals surface area (Å²) in [5.74, 6) is -0.397. The van der Waals surface area contributed by atoms with Gasteiger partial charge in [0.1, 0.15) is 11.8 Å². The Morgan fingerprint density at radius 1 is 1.28 bits per heavy atom. The summed E-state index contributed by atoms with van der Waals surface area (Å²) in [5.41, 5.74) is 0.870. The molecule has 0 aliphatic heterocycles. The van der Waals surface area contributed by atoms with Crippen molar-refractivity contribution in [2.75, 3.05) is 6.61 Å². The van der Waals surface area contributed by atoms with Gasteiger partial charge in [0, 0.05) is 24.0 Å². The molecule has 2 rings (SSSR count). The molecule has 0 fully saturated rings. The predicted octanol–water partition coefficient (Wildman–Crippen LogP) is 2.59. The van der Waals surface area contributed by atoms with Crippen LogP contribution in [-0.4, -0.2) is 29.4 Å². The van der Waals surface area contributed by atoms with Gasteiger partial charge in [-0.1, -0.05) is 29.3 Å². The number of carbonyl (C=O) groups is 2. The summed E-state index contributed by atoms with van der Waals surface area (Å²) >= 11 is 11.7. The average Bonchev–Trinajstić information content (AvgIpc) is 2.59. The van der Waals surface area contributed by atoms with E-state index in [9.17, 15) is 9.59 Å². The predicted molar refractivity (Wildman–Crippen MR) is 95.6 cm³/mol. The molecule has 0 radical (unpaired) electrons. The van der Waals surface area contributed by atoms with Crippen molar-refractivity contribution in [1.82, 2.24) is 15.6 Å². The summed E-state index contributed by atoms with van der Waals surface area (Å²) in [6.45, 7) is 1.66. The van der Waals surface area contributed by atoms with E-state index in [4.69, 9.17) is 27.9 Å². The second-order valence-corrected chi connectivity index (χ2v) is 6.08. The lowest BCUT2D eigenvalue weighted by atomic mass is 10.2. The lowest BCUT2D eigenvalue weighted by molar-refractivity contribution is -0.129. The zero-order valence-corrected chi connectivity index (χ0v) is 15.0. The highest BCUT2D eigenvalue weighted by molar-refractivity contribution is 6.35. The number of halogens is 2. The molecule has 6 nitrogen and oxygen atoms in total. The van der Waals surface area contributed by atoms with Gasteiger partial charge in [0.25, 0.3) is 5.91 Å². The van der Waals surface area contributed by atoms with Gasteiger partial charge < -0.3 is 15.4 Å². The number of benzene rings is 1. The Hall–Kier alpha value is -2.31. The molecular formula is C17H17Cl2N3O3. The van der Waals surface area contributed by atoms with Crippen molar-refractivity contribution in [2.45, 2.75) is 19.5 Å². The molecule has 2 N–H and O–H groups in total. The van der Waals surface area contributed by atoms with Crippen LogP contribution in [0.15, 0.2) is 42.7 Å². The van der Waals surface area contributed by atoms with Crippen LogP contribution in [0.3, 0.4) is 0 Å². The Kier molecular flexibility index (Phi) is 7.03. The normalized spacial score (nSPS) is 11.5. The molecule has 8 heteroatoms. The van der Waals surface area contributed by atoms with Crippen molar-refractivity contribution >= 4 is 35.0 Å². The van der Waals surface area contributed by atoms with Crippen LogP contribution < -0.4 is 15.4 Å². The maximum absolute atomic E-state index is 12.0. The molecule has 0 unspecified atom stereocenters. The third-order valence-electron chi connectivity index (χ3n) is 3.21. The number of pyridine rings is 1. The number of amides is 2. The van der Waals surface area contributed by atoms with Crippen LogP contribution in [-0.2, 0) is 16.1 Å². The molecule has 1 heterocycles. The first-order chi connectivity index (χ1) is 12.0. The standard InChI is InChI=1S/C17H17Cl2N3O3/c1-11(17(24)21-9-12-3-2-6-20-8-12)22-16(23)10-25-15-5-4-13(18)7-14(15)19/h2-8,11H,9-10H2,1H3,(H,21,24)(H,22,23)/t11-/m1/s1. The SMILES string of the molecule is C[C@@H](NC(=O)COc1ccc(Cl)cc1Cl)C(=O)NCc1cccnc1. The minimum Gasteiger partial charge on any atom is -0.482 e. The number of rotatable bonds is 7. The van der Waals surface area contributed by atoms with E-state index in [1.54, 1.807) is 37.5 Å². The first-order valence-corrected chi connectivity index (χ1v) is 8.25. The van der Waals surface area contributed by atoms with E-state index in [2.05, 4.69) is 15.6 Å². The van der Waals surface area contributed by atoms with Crippen molar-refractivity contribution in [2.24, 2.45) is 0 Å². The minimum atomic E-state index is -0.700. The summed E-state index contributed by atoms with van der Waals surface area (Å²) in [5, 5.41) is 6.06. The molecule has 2 aromatic rings. The van der Waals surface area contributed by atoms with Crippen molar-refractivity contribution in [1.29, 1.82) is 0 Å². The fraction of sp³-hybridized carbons (Fsp3) is 0.235. The van der Waals surface area contributed by atoms with Gasteiger partial charge >= 0.3 is 0 Å². The molecule has 0 aliphatic rings. The summed E-state index contributed by atoms with van der Waals surface area (Å²) < 4.78 is 5.32. The highest BCUT2D eigenvalue weighted by Gasteiger charge is 2.16. The number of hydrogen-bond acceptors (Lipinski definition) is 4. The van der Waals surface area contributed by atoms with Gasteiger partial charge in [0.2, 0.25) is 5.91 Å². The first kappa shape index (κ1) is 19.0. The molecule has 25 heavy (non-hydrogen) atoms. The van der Waals surface area contributed by atoms with Crippen LogP contribution in [0.4, 0.5) is 0 Å². The number of aromatic nitrogens is 1. The van der Waals surface area contributed by atoms with Gasteiger partial charge in [-0.3, -0.25) is 14.6 Å². The van der Waals surface area contributed by atoms with Crippen molar-refractivity contribution in [3.8, 4) is 5.75 Å². The van der Waals surface area contributed by atoms with Crippen LogP contribution in [0.2, 0.25) is 10.0 Å². The monoisotopic (exact) mass is 381 g/mol. The lowest BCUT2D eigenvalue weighted by Gasteiger charge is -2.15. The minimum absolute atomic E-state index is 0.262. The van der Waals surface area contributed by atoms with Crippen LogP contribution in [0.5, 0.6) is 5.75 Å². The molecular weight excluding hydrogens is 365 g/mol. The smallest absolute Gasteiger partial charge is 0.258 e. The molecule has 1 aromatic carbocycles. The maximum atomic E-state index is 12.0. The Morgan fingerprint density at radius 3 is 2.76 bits per heavy atom. The van der Waals surface area contributed by atoms with Gasteiger partial charge in [0.05, 0.1) is 5.02 Å². The van der Waals surface area contributed by atoms with Crippen molar-refractivity contribution < 1.29 is 14.3 Å². The lowest BCUT2D eigenvalue weighted by Crippen LogP contribution is -2.46. The molecule has 1 atom stereocenters. The molecule has 0 saturated carbocycles. The number of ether oxygens (including phenoxy) is 1. The van der Waals surface area contributed by atoms with Gasteiger partial charge in [-0.2, -0.15) is 0 Å². The Balaban J connectivity index is 1.76. The fourth-order valence-corrected chi connectivity index (χ4v) is 2.39. The summed E-state index contributed by atoms with van der Waals surface area (Å²) in [4.78, 5) is 27.8. The van der Waals surface area contributed by atoms with E-state index in [0.717, 1.165) is 5.56 Å². The summed E-state index contributed by atoms with van der Waals surface area (Å²) in [6.07, 6.45) is 3.31. The maximum Gasteiger partial charge on any atom is 0.258 e. The third-order valence-corrected chi connectivity index (χ3v) is 3.74. The number of nitrogens with zero attached hydrogens (tertiary/aromatic N) is 1. The van der Waals surface area contributed by atoms with E-state index in [1.807, 2.05) is 6.07 Å². The molecule has 1 aromatic heterocycles. The van der Waals surface area contributed by atoms with E-state index in [1.165, 1.54) is 6.07 Å². The van der Waals surface area contributed by atoms with Crippen LogP contribution in [0.25, 0.3) is 0 Å². The Labute approximate surface area is 155 Å². The third kappa shape index (κ3) is 6.25. The van der Waals surface area contributed by atoms with Crippen LogP contribution in [0.1, 0.15) is 12.5 Å². The topological polar surface area (TPSA) is 80.3 Å². The molecule has 0 aliphatic carbocycles. The number of hydrogen-bond donors (Lipinski definition) is 2. The van der Waals surface area contributed by atoms with Gasteiger partial charge in [0.15, 0.2) is 6.61 Å². The fourth-order valence-electron chi connectivity index (χ4n) is 1.93. The first-order valence-electron chi connectivity index (χ1n) is 7.49. The van der Waals surface area contributed by atoms with E-state index in [0.29, 0.717) is 22.3 Å².